The van der Waals surface area contributed by atoms with Crippen LogP contribution in [-0.4, -0.2) is 36.0 Å². The molecule has 0 aromatic rings. The predicted molar refractivity (Wildman–Crippen MR) is 53.6 cm³/mol. The van der Waals surface area contributed by atoms with Gasteiger partial charge < -0.3 is 4.55 Å². The minimum absolute atomic E-state index is 0. The van der Waals surface area contributed by atoms with Crippen LogP contribution in [0.3, 0.4) is 0 Å². The molecule has 0 atom stereocenters. The SMILES string of the molecule is CCCCCC(F)(F)C(F)(F)C(F)(F)C(F)(F)S(=O)(=O)[O-].[Li+]. The van der Waals surface area contributed by atoms with Crippen LogP contribution in [0.5, 0.6) is 0 Å². The quantitative estimate of drug-likeness (QED) is 0.277. The fraction of sp³-hybridized carbons (Fsp3) is 1.00. The van der Waals surface area contributed by atoms with E-state index < -0.39 is 46.0 Å². The molecule has 128 valence electrons. The van der Waals surface area contributed by atoms with Gasteiger partial charge in [-0.2, -0.15) is 35.1 Å². The van der Waals surface area contributed by atoms with E-state index in [-0.39, 0.29) is 31.7 Å². The molecular formula is C9H11F8LiO3S. The van der Waals surface area contributed by atoms with Gasteiger partial charge in [0.1, 0.15) is 0 Å². The first-order valence-corrected chi connectivity index (χ1v) is 6.93. The molecule has 0 fully saturated rings. The summed E-state index contributed by atoms with van der Waals surface area (Å²) in [5.74, 6) is -19.4. The van der Waals surface area contributed by atoms with Gasteiger partial charge in [0.2, 0.25) is 0 Å². The van der Waals surface area contributed by atoms with Gasteiger partial charge in [-0.25, -0.2) is 8.42 Å². The number of unbranched alkanes of at least 4 members (excludes halogenated alkanes) is 2. The van der Waals surface area contributed by atoms with E-state index in [2.05, 4.69) is 0 Å². The van der Waals surface area contributed by atoms with E-state index in [1.807, 2.05) is 0 Å². The third-order valence-corrected chi connectivity index (χ3v) is 3.51. The average molecular weight is 358 g/mol. The molecule has 0 unspecified atom stereocenters. The standard InChI is InChI=1S/C9H12F8O3S.Li/c1-2-3-4-5-6(10,11)7(12,13)8(14,15)9(16,17)21(18,19)20;/h2-5H2,1H3,(H,18,19,20);/q;+1/p-1. The summed E-state index contributed by atoms with van der Waals surface area (Å²) < 4.78 is 133. The molecule has 3 nitrogen and oxygen atoms in total. The molecule has 0 aromatic carbocycles. The minimum atomic E-state index is -7.28. The van der Waals surface area contributed by atoms with Gasteiger partial charge in [-0.1, -0.05) is 19.8 Å². The van der Waals surface area contributed by atoms with Crippen molar-refractivity contribution >= 4 is 10.1 Å². The molecule has 0 heterocycles. The molecule has 0 saturated carbocycles. The smallest absolute Gasteiger partial charge is 0.743 e. The zero-order valence-corrected chi connectivity index (χ0v) is 12.3. The Kier molecular flexibility index (Phi) is 7.96. The second-order valence-corrected chi connectivity index (χ2v) is 5.70. The van der Waals surface area contributed by atoms with E-state index >= 15 is 0 Å². The molecule has 0 amide bonds. The van der Waals surface area contributed by atoms with Gasteiger partial charge in [0.15, 0.2) is 10.1 Å². The average Bonchev–Trinajstić information content (AvgIpc) is 2.26. The molecule has 0 bridgehead atoms. The van der Waals surface area contributed by atoms with Gasteiger partial charge in [0.05, 0.1) is 0 Å². The molecule has 13 heteroatoms. The normalized spacial score (nSPS) is 14.6. The van der Waals surface area contributed by atoms with Crippen LogP contribution >= 0.6 is 0 Å². The van der Waals surface area contributed by atoms with Gasteiger partial charge in [0, 0.05) is 6.42 Å². The summed E-state index contributed by atoms with van der Waals surface area (Å²) in [6, 6.07) is 0. The van der Waals surface area contributed by atoms with Crippen molar-refractivity contribution in [3.8, 4) is 0 Å². The van der Waals surface area contributed by atoms with Crippen LogP contribution < -0.4 is 18.9 Å². The molecule has 0 saturated heterocycles. The Balaban J connectivity index is 0. The van der Waals surface area contributed by atoms with Crippen molar-refractivity contribution in [2.24, 2.45) is 0 Å². The Morgan fingerprint density at radius 2 is 1.27 bits per heavy atom. The molecular weight excluding hydrogens is 347 g/mol. The van der Waals surface area contributed by atoms with Crippen LogP contribution in [0.1, 0.15) is 32.6 Å². The molecule has 0 aromatic heterocycles. The molecule has 0 aliphatic rings. The maximum Gasteiger partial charge on any atom is 1.00 e. The van der Waals surface area contributed by atoms with Crippen LogP contribution in [0.25, 0.3) is 0 Å². The number of alkyl halides is 8. The van der Waals surface area contributed by atoms with E-state index in [1.165, 1.54) is 6.92 Å². The Hall–Kier alpha value is -0.0526. The summed E-state index contributed by atoms with van der Waals surface area (Å²) in [4.78, 5) is 0. The van der Waals surface area contributed by atoms with Gasteiger partial charge in [-0.15, -0.1) is 0 Å². The first kappa shape index (κ1) is 24.2. The van der Waals surface area contributed by atoms with Crippen molar-refractivity contribution < 1.29 is 67.0 Å². The fourth-order valence-corrected chi connectivity index (χ4v) is 1.77. The summed E-state index contributed by atoms with van der Waals surface area (Å²) in [5.41, 5.74) is 0. The van der Waals surface area contributed by atoms with Crippen LogP contribution in [0.4, 0.5) is 35.1 Å². The maximum absolute atomic E-state index is 13.1. The summed E-state index contributed by atoms with van der Waals surface area (Å²) in [6.45, 7) is 1.48. The third-order valence-electron chi connectivity index (χ3n) is 2.63. The number of hydrogen-bond acceptors (Lipinski definition) is 3. The van der Waals surface area contributed by atoms with E-state index in [0.717, 1.165) is 0 Å². The molecule has 0 radical (unpaired) electrons. The third kappa shape index (κ3) is 4.07. The zero-order valence-electron chi connectivity index (χ0n) is 11.5. The van der Waals surface area contributed by atoms with Crippen LogP contribution in [0.2, 0.25) is 0 Å². The Morgan fingerprint density at radius 3 is 1.59 bits per heavy atom. The first-order chi connectivity index (χ1) is 9.06. The van der Waals surface area contributed by atoms with Crippen LogP contribution in [-0.2, 0) is 10.1 Å². The molecule has 0 N–H and O–H groups in total. The van der Waals surface area contributed by atoms with Gasteiger partial charge in [0.25, 0.3) is 0 Å². The van der Waals surface area contributed by atoms with Crippen molar-refractivity contribution in [3.63, 3.8) is 0 Å². The van der Waals surface area contributed by atoms with Gasteiger partial charge >= 0.3 is 41.9 Å². The van der Waals surface area contributed by atoms with Crippen LogP contribution in [0.15, 0.2) is 0 Å². The summed E-state index contributed by atoms with van der Waals surface area (Å²) >= 11 is 0. The second-order valence-electron chi connectivity index (χ2n) is 4.28. The topological polar surface area (TPSA) is 57.2 Å². The van der Waals surface area contributed by atoms with E-state index in [9.17, 15) is 48.1 Å². The van der Waals surface area contributed by atoms with Crippen LogP contribution in [0, 0.1) is 0 Å². The largest absolute Gasteiger partial charge is 1.00 e. The molecule has 0 aliphatic carbocycles. The van der Waals surface area contributed by atoms with Crippen molar-refractivity contribution in [1.29, 1.82) is 0 Å². The Morgan fingerprint density at radius 1 is 0.864 bits per heavy atom. The molecule has 22 heavy (non-hydrogen) atoms. The van der Waals surface area contributed by atoms with E-state index in [0.29, 0.717) is 0 Å². The Labute approximate surface area is 133 Å². The van der Waals surface area contributed by atoms with Crippen molar-refractivity contribution in [2.45, 2.75) is 55.6 Å². The number of halogens is 8. The monoisotopic (exact) mass is 358 g/mol. The fourth-order valence-electron chi connectivity index (χ4n) is 1.32. The number of rotatable bonds is 8. The van der Waals surface area contributed by atoms with Crippen molar-refractivity contribution in [1.82, 2.24) is 0 Å². The molecule has 0 rings (SSSR count). The first-order valence-electron chi connectivity index (χ1n) is 5.53. The summed E-state index contributed by atoms with van der Waals surface area (Å²) in [6.07, 6.45) is -2.35. The van der Waals surface area contributed by atoms with E-state index in [4.69, 9.17) is 0 Å². The zero-order chi connectivity index (χ0) is 17.3. The number of hydrogen-bond donors (Lipinski definition) is 0. The molecule has 0 spiro atoms. The van der Waals surface area contributed by atoms with E-state index in [1.54, 1.807) is 0 Å². The second kappa shape index (κ2) is 7.23. The minimum Gasteiger partial charge on any atom is -0.743 e. The summed E-state index contributed by atoms with van der Waals surface area (Å²) in [5, 5.41) is -6.88. The Bertz CT molecular complexity index is 465. The summed E-state index contributed by atoms with van der Waals surface area (Å²) in [7, 11) is -7.28. The maximum atomic E-state index is 13.1. The predicted octanol–water partition coefficient (Wildman–Crippen LogP) is 0.615. The van der Waals surface area contributed by atoms with Crippen molar-refractivity contribution in [3.05, 3.63) is 0 Å². The molecule has 0 aliphatic heterocycles. The van der Waals surface area contributed by atoms with Crippen molar-refractivity contribution in [2.75, 3.05) is 0 Å². The van der Waals surface area contributed by atoms with Gasteiger partial charge in [-0.3, -0.25) is 0 Å². The van der Waals surface area contributed by atoms with Gasteiger partial charge in [-0.05, 0) is 6.42 Å².